The molecule has 0 aliphatic rings. The number of carbonyl (C=O) groups is 1. The summed E-state index contributed by atoms with van der Waals surface area (Å²) in [5, 5.41) is 2.70. The van der Waals surface area contributed by atoms with Gasteiger partial charge in [0.25, 0.3) is 0 Å². The number of ketones is 1. The summed E-state index contributed by atoms with van der Waals surface area (Å²) in [5.41, 5.74) is 0.124. The van der Waals surface area contributed by atoms with E-state index in [0.29, 0.717) is 5.75 Å². The summed E-state index contributed by atoms with van der Waals surface area (Å²) < 4.78 is 23.3. The molecule has 0 aliphatic heterocycles. The Labute approximate surface area is 93.4 Å². The molecule has 0 atom stereocenters. The first kappa shape index (κ1) is 12.4. The lowest BCUT2D eigenvalue weighted by Gasteiger charge is -2.12. The van der Waals surface area contributed by atoms with E-state index in [1.807, 2.05) is 0 Å². The third kappa shape index (κ3) is 2.30. The molecule has 0 saturated heterocycles. The molecule has 0 aromatic heterocycles. The minimum Gasteiger partial charge on any atom is -0.496 e. The Balaban J connectivity index is 3.30. The summed E-state index contributed by atoms with van der Waals surface area (Å²) in [7, 11) is 4.37. The Morgan fingerprint density at radius 1 is 1.38 bits per heavy atom. The SMILES string of the molecule is CNCC(=O)c1c(OC)ccc(F)c1OC. The van der Waals surface area contributed by atoms with Crippen molar-refractivity contribution in [3.8, 4) is 11.5 Å². The fourth-order valence-electron chi connectivity index (χ4n) is 1.42. The van der Waals surface area contributed by atoms with Gasteiger partial charge in [-0.25, -0.2) is 4.39 Å². The summed E-state index contributed by atoms with van der Waals surface area (Å²) in [4.78, 5) is 11.8. The van der Waals surface area contributed by atoms with E-state index in [-0.39, 0.29) is 23.6 Å². The van der Waals surface area contributed by atoms with Crippen LogP contribution in [0.1, 0.15) is 10.4 Å². The summed E-state index contributed by atoms with van der Waals surface area (Å²) in [6.45, 7) is 0.0934. The van der Waals surface area contributed by atoms with Crippen LogP contribution in [-0.2, 0) is 0 Å². The molecule has 88 valence electrons. The van der Waals surface area contributed by atoms with Crippen LogP contribution < -0.4 is 14.8 Å². The van der Waals surface area contributed by atoms with Crippen molar-refractivity contribution in [2.45, 2.75) is 0 Å². The highest BCUT2D eigenvalue weighted by Crippen LogP contribution is 2.31. The lowest BCUT2D eigenvalue weighted by atomic mass is 10.1. The monoisotopic (exact) mass is 227 g/mol. The summed E-state index contributed by atoms with van der Waals surface area (Å²) in [6.07, 6.45) is 0. The van der Waals surface area contributed by atoms with E-state index in [0.717, 1.165) is 0 Å². The van der Waals surface area contributed by atoms with Crippen molar-refractivity contribution in [2.75, 3.05) is 27.8 Å². The molecular formula is C11H14FNO3. The third-order valence-electron chi connectivity index (χ3n) is 2.11. The smallest absolute Gasteiger partial charge is 0.184 e. The molecule has 1 aromatic rings. The zero-order chi connectivity index (χ0) is 12.1. The zero-order valence-electron chi connectivity index (χ0n) is 9.46. The number of rotatable bonds is 5. The van der Waals surface area contributed by atoms with Gasteiger partial charge in [-0.15, -0.1) is 0 Å². The normalized spacial score (nSPS) is 10.0. The molecule has 0 spiro atoms. The van der Waals surface area contributed by atoms with Gasteiger partial charge in [0, 0.05) is 0 Å². The highest BCUT2D eigenvalue weighted by atomic mass is 19.1. The topological polar surface area (TPSA) is 47.6 Å². The number of carbonyl (C=O) groups excluding carboxylic acids is 1. The fourth-order valence-corrected chi connectivity index (χ4v) is 1.42. The van der Waals surface area contributed by atoms with Crippen molar-refractivity contribution < 1.29 is 18.7 Å². The number of benzene rings is 1. The van der Waals surface area contributed by atoms with Gasteiger partial charge in [0.1, 0.15) is 11.3 Å². The second kappa shape index (κ2) is 5.46. The maximum absolute atomic E-state index is 13.4. The van der Waals surface area contributed by atoms with Crippen LogP contribution in [0, 0.1) is 5.82 Å². The van der Waals surface area contributed by atoms with Gasteiger partial charge >= 0.3 is 0 Å². The molecule has 0 amide bonds. The van der Waals surface area contributed by atoms with E-state index < -0.39 is 5.82 Å². The van der Waals surface area contributed by atoms with Crippen molar-refractivity contribution in [2.24, 2.45) is 0 Å². The molecule has 4 nitrogen and oxygen atoms in total. The van der Waals surface area contributed by atoms with Crippen molar-refractivity contribution >= 4 is 5.78 Å². The van der Waals surface area contributed by atoms with Crippen molar-refractivity contribution in [1.29, 1.82) is 0 Å². The fraction of sp³-hybridized carbons (Fsp3) is 0.364. The minimum absolute atomic E-state index is 0.0837. The Bertz CT molecular complexity index is 393. The number of methoxy groups -OCH3 is 2. The zero-order valence-corrected chi connectivity index (χ0v) is 9.46. The van der Waals surface area contributed by atoms with Gasteiger partial charge in [0.2, 0.25) is 0 Å². The average Bonchev–Trinajstić information content (AvgIpc) is 2.28. The molecule has 0 bridgehead atoms. The molecule has 0 unspecified atom stereocenters. The Kier molecular flexibility index (Phi) is 4.25. The number of nitrogens with one attached hydrogen (secondary N) is 1. The van der Waals surface area contributed by atoms with E-state index >= 15 is 0 Å². The van der Waals surface area contributed by atoms with E-state index in [4.69, 9.17) is 9.47 Å². The Morgan fingerprint density at radius 2 is 2.06 bits per heavy atom. The van der Waals surface area contributed by atoms with Gasteiger partial charge in [-0.05, 0) is 19.2 Å². The molecule has 0 aliphatic carbocycles. The highest BCUT2D eigenvalue weighted by molar-refractivity contribution is 6.02. The second-order valence-electron chi connectivity index (χ2n) is 3.11. The van der Waals surface area contributed by atoms with Gasteiger partial charge in [-0.1, -0.05) is 0 Å². The van der Waals surface area contributed by atoms with Gasteiger partial charge < -0.3 is 14.8 Å². The molecule has 0 heterocycles. The summed E-state index contributed by atoms with van der Waals surface area (Å²) in [6, 6.07) is 2.61. The largest absolute Gasteiger partial charge is 0.496 e. The van der Waals surface area contributed by atoms with Crippen LogP contribution >= 0.6 is 0 Å². The van der Waals surface area contributed by atoms with Crippen molar-refractivity contribution in [1.82, 2.24) is 5.32 Å². The summed E-state index contributed by atoms with van der Waals surface area (Å²) in [5.74, 6) is -0.642. The van der Waals surface area contributed by atoms with E-state index in [1.165, 1.54) is 26.4 Å². The minimum atomic E-state index is -0.581. The first-order chi connectivity index (χ1) is 7.65. The molecular weight excluding hydrogens is 213 g/mol. The lowest BCUT2D eigenvalue weighted by molar-refractivity contribution is 0.0986. The number of hydrogen-bond acceptors (Lipinski definition) is 4. The predicted octanol–water partition coefficient (Wildman–Crippen LogP) is 1.25. The van der Waals surface area contributed by atoms with Crippen LogP contribution in [0.4, 0.5) is 4.39 Å². The molecule has 0 radical (unpaired) electrons. The standard InChI is InChI=1S/C11H14FNO3/c1-13-6-8(14)10-9(15-2)5-4-7(12)11(10)16-3/h4-5,13H,6H2,1-3H3. The van der Waals surface area contributed by atoms with Gasteiger partial charge in [0.05, 0.1) is 20.8 Å². The third-order valence-corrected chi connectivity index (χ3v) is 2.11. The van der Waals surface area contributed by atoms with Crippen LogP contribution in [0.2, 0.25) is 0 Å². The molecule has 1 aromatic carbocycles. The highest BCUT2D eigenvalue weighted by Gasteiger charge is 2.20. The van der Waals surface area contributed by atoms with E-state index in [9.17, 15) is 9.18 Å². The molecule has 1 N–H and O–H groups in total. The Hall–Kier alpha value is -1.62. The first-order valence-corrected chi connectivity index (χ1v) is 4.74. The van der Waals surface area contributed by atoms with Crippen molar-refractivity contribution in [3.63, 3.8) is 0 Å². The molecule has 16 heavy (non-hydrogen) atoms. The van der Waals surface area contributed by atoms with Crippen LogP contribution in [0.5, 0.6) is 11.5 Å². The maximum Gasteiger partial charge on any atom is 0.184 e. The molecule has 0 fully saturated rings. The Morgan fingerprint density at radius 3 is 2.56 bits per heavy atom. The molecule has 5 heteroatoms. The predicted molar refractivity (Wildman–Crippen MR) is 57.8 cm³/mol. The number of ether oxygens (including phenoxy) is 2. The second-order valence-corrected chi connectivity index (χ2v) is 3.11. The van der Waals surface area contributed by atoms with Gasteiger partial charge in [0.15, 0.2) is 17.3 Å². The maximum atomic E-state index is 13.4. The quantitative estimate of drug-likeness (QED) is 0.769. The van der Waals surface area contributed by atoms with Crippen LogP contribution in [-0.4, -0.2) is 33.6 Å². The van der Waals surface area contributed by atoms with Crippen LogP contribution in [0.3, 0.4) is 0 Å². The first-order valence-electron chi connectivity index (χ1n) is 4.74. The average molecular weight is 227 g/mol. The van der Waals surface area contributed by atoms with E-state index in [1.54, 1.807) is 7.05 Å². The van der Waals surface area contributed by atoms with Gasteiger partial charge in [-0.2, -0.15) is 0 Å². The lowest BCUT2D eigenvalue weighted by Crippen LogP contribution is -2.20. The van der Waals surface area contributed by atoms with E-state index in [2.05, 4.69) is 5.32 Å². The molecule has 1 rings (SSSR count). The van der Waals surface area contributed by atoms with Crippen LogP contribution in [0.15, 0.2) is 12.1 Å². The number of halogens is 1. The number of Topliss-reactive ketones (excluding diaryl/α,β-unsaturated/α-hetero) is 1. The number of hydrogen-bond donors (Lipinski definition) is 1. The van der Waals surface area contributed by atoms with Crippen molar-refractivity contribution in [3.05, 3.63) is 23.5 Å². The van der Waals surface area contributed by atoms with Gasteiger partial charge in [-0.3, -0.25) is 4.79 Å². The van der Waals surface area contributed by atoms with Crippen LogP contribution in [0.25, 0.3) is 0 Å². The summed E-state index contributed by atoms with van der Waals surface area (Å²) >= 11 is 0. The number of likely N-dealkylation sites (N-methyl/N-ethyl adjacent to an activating group) is 1. The molecule has 0 saturated carbocycles.